The second-order valence-electron chi connectivity index (χ2n) is 3.76. The zero-order valence-corrected chi connectivity index (χ0v) is 9.84. The molecule has 16 heavy (non-hydrogen) atoms. The molecule has 0 fully saturated rings. The maximum atomic E-state index is 10.8. The molecule has 3 nitrogen and oxygen atoms in total. The molecule has 4 heteroatoms. The number of carboxylic acid groups (broad SMARTS) is 1. The Morgan fingerprint density at radius 2 is 2.06 bits per heavy atom. The molecule has 0 aliphatic carbocycles. The van der Waals surface area contributed by atoms with E-state index in [1.807, 2.05) is 32.0 Å². The van der Waals surface area contributed by atoms with E-state index in [2.05, 4.69) is 0 Å². The topological polar surface area (TPSA) is 57.5 Å². The van der Waals surface area contributed by atoms with Crippen LogP contribution in [0.1, 0.15) is 22.1 Å². The minimum absolute atomic E-state index is 0.524. The third kappa shape index (κ3) is 1.60. The van der Waals surface area contributed by atoms with E-state index in [0.29, 0.717) is 5.56 Å². The molecule has 2 aromatic rings. The zero-order chi connectivity index (χ0) is 11.9. The molecule has 0 bridgehead atoms. The highest BCUT2D eigenvalue weighted by molar-refractivity contribution is 7.19. The largest absolute Gasteiger partial charge is 0.479 e. The van der Waals surface area contributed by atoms with Crippen molar-refractivity contribution in [2.24, 2.45) is 0 Å². The number of aryl methyl sites for hydroxylation is 2. The Hall–Kier alpha value is -1.39. The summed E-state index contributed by atoms with van der Waals surface area (Å²) >= 11 is 1.53. The summed E-state index contributed by atoms with van der Waals surface area (Å²) in [5.41, 5.74) is 1.63. The second-order valence-corrected chi connectivity index (χ2v) is 4.99. The van der Waals surface area contributed by atoms with Crippen molar-refractivity contribution in [3.05, 3.63) is 34.2 Å². The summed E-state index contributed by atoms with van der Waals surface area (Å²) in [6.07, 6.45) is -1.43. The van der Waals surface area contributed by atoms with Crippen LogP contribution in [0.5, 0.6) is 0 Å². The first-order valence-corrected chi connectivity index (χ1v) is 5.73. The van der Waals surface area contributed by atoms with Gasteiger partial charge in [0.2, 0.25) is 0 Å². The van der Waals surface area contributed by atoms with Gasteiger partial charge in [-0.1, -0.05) is 18.2 Å². The lowest BCUT2D eigenvalue weighted by atomic mass is 10.0. The number of rotatable bonds is 2. The fourth-order valence-electron chi connectivity index (χ4n) is 1.86. The molecule has 0 saturated heterocycles. The minimum Gasteiger partial charge on any atom is -0.479 e. The van der Waals surface area contributed by atoms with Gasteiger partial charge in [0.25, 0.3) is 0 Å². The average Bonchev–Trinajstić information content (AvgIpc) is 2.55. The standard InChI is InChI=1S/C12H12O3S/c1-6-4-3-5-8-9(10(13)12(14)15)7(2)16-11(6)8/h3-5,10,13H,1-2H3,(H,14,15). The van der Waals surface area contributed by atoms with Crippen molar-refractivity contribution in [1.29, 1.82) is 0 Å². The fourth-order valence-corrected chi connectivity index (χ4v) is 3.02. The molecule has 84 valence electrons. The molecule has 2 N–H and O–H groups in total. The van der Waals surface area contributed by atoms with E-state index in [9.17, 15) is 9.90 Å². The fraction of sp³-hybridized carbons (Fsp3) is 0.250. The first kappa shape index (κ1) is 11.1. The van der Waals surface area contributed by atoms with Gasteiger partial charge in [-0.05, 0) is 24.8 Å². The first-order chi connectivity index (χ1) is 7.52. The molecule has 0 radical (unpaired) electrons. The van der Waals surface area contributed by atoms with Gasteiger partial charge in [-0.3, -0.25) is 0 Å². The number of carboxylic acids is 1. The molecule has 0 spiro atoms. The van der Waals surface area contributed by atoms with Gasteiger partial charge in [0, 0.05) is 15.1 Å². The van der Waals surface area contributed by atoms with Crippen LogP contribution in [-0.2, 0) is 4.79 Å². The summed E-state index contributed by atoms with van der Waals surface area (Å²) in [7, 11) is 0. The number of thiophene rings is 1. The van der Waals surface area contributed by atoms with Crippen LogP contribution in [0.4, 0.5) is 0 Å². The number of aliphatic hydroxyl groups excluding tert-OH is 1. The molecule has 0 amide bonds. The van der Waals surface area contributed by atoms with Crippen molar-refractivity contribution in [3.63, 3.8) is 0 Å². The van der Waals surface area contributed by atoms with Crippen LogP contribution >= 0.6 is 11.3 Å². The lowest BCUT2D eigenvalue weighted by Gasteiger charge is -2.05. The Morgan fingerprint density at radius 1 is 1.38 bits per heavy atom. The molecule has 2 rings (SSSR count). The molecule has 1 aromatic carbocycles. The zero-order valence-electron chi connectivity index (χ0n) is 9.02. The maximum absolute atomic E-state index is 10.8. The monoisotopic (exact) mass is 236 g/mol. The molecule has 0 aliphatic rings. The molecule has 1 unspecified atom stereocenters. The van der Waals surface area contributed by atoms with Crippen LogP contribution in [-0.4, -0.2) is 16.2 Å². The van der Waals surface area contributed by atoms with E-state index < -0.39 is 12.1 Å². The van der Waals surface area contributed by atoms with Gasteiger partial charge in [0.15, 0.2) is 6.10 Å². The molecule has 1 atom stereocenters. The quantitative estimate of drug-likeness (QED) is 0.842. The Kier molecular flexibility index (Phi) is 2.69. The number of aliphatic carboxylic acids is 1. The smallest absolute Gasteiger partial charge is 0.337 e. The minimum atomic E-state index is -1.43. The normalized spacial score (nSPS) is 12.9. The van der Waals surface area contributed by atoms with E-state index in [1.54, 1.807) is 0 Å². The molecule has 0 saturated carbocycles. The van der Waals surface area contributed by atoms with Crippen LogP contribution in [0.25, 0.3) is 10.1 Å². The van der Waals surface area contributed by atoms with Crippen LogP contribution in [0, 0.1) is 13.8 Å². The van der Waals surface area contributed by atoms with E-state index in [-0.39, 0.29) is 0 Å². The van der Waals surface area contributed by atoms with E-state index in [1.165, 1.54) is 11.3 Å². The van der Waals surface area contributed by atoms with Crippen molar-refractivity contribution < 1.29 is 15.0 Å². The summed E-state index contributed by atoms with van der Waals surface area (Å²) in [6.45, 7) is 3.82. The number of aliphatic hydroxyl groups is 1. The lowest BCUT2D eigenvalue weighted by molar-refractivity contribution is -0.146. The van der Waals surface area contributed by atoms with E-state index in [0.717, 1.165) is 20.5 Å². The van der Waals surface area contributed by atoms with Gasteiger partial charge in [0.1, 0.15) is 0 Å². The molecule has 1 aromatic heterocycles. The molecular formula is C12H12O3S. The van der Waals surface area contributed by atoms with Crippen LogP contribution in [0.15, 0.2) is 18.2 Å². The SMILES string of the molecule is Cc1sc2c(C)cccc2c1C(O)C(=O)O. The van der Waals surface area contributed by atoms with Crippen molar-refractivity contribution in [2.45, 2.75) is 20.0 Å². The molecular weight excluding hydrogens is 224 g/mol. The summed E-state index contributed by atoms with van der Waals surface area (Å²) in [6, 6.07) is 5.71. The second kappa shape index (κ2) is 3.88. The molecule has 0 aliphatic heterocycles. The Bertz CT molecular complexity index is 557. The van der Waals surface area contributed by atoms with Gasteiger partial charge in [-0.25, -0.2) is 4.79 Å². The van der Waals surface area contributed by atoms with Crippen molar-refractivity contribution in [3.8, 4) is 0 Å². The highest BCUT2D eigenvalue weighted by atomic mass is 32.1. The number of hydrogen-bond donors (Lipinski definition) is 2. The summed E-state index contributed by atoms with van der Waals surface area (Å²) in [5.74, 6) is -1.20. The average molecular weight is 236 g/mol. The number of benzene rings is 1. The number of hydrogen-bond acceptors (Lipinski definition) is 3. The summed E-state index contributed by atoms with van der Waals surface area (Å²) in [5, 5.41) is 19.4. The van der Waals surface area contributed by atoms with E-state index in [4.69, 9.17) is 5.11 Å². The van der Waals surface area contributed by atoms with Gasteiger partial charge in [-0.2, -0.15) is 0 Å². The van der Waals surface area contributed by atoms with E-state index >= 15 is 0 Å². The van der Waals surface area contributed by atoms with Gasteiger partial charge >= 0.3 is 5.97 Å². The van der Waals surface area contributed by atoms with Crippen LogP contribution in [0.2, 0.25) is 0 Å². The Balaban J connectivity index is 2.74. The van der Waals surface area contributed by atoms with Crippen molar-refractivity contribution in [1.82, 2.24) is 0 Å². The van der Waals surface area contributed by atoms with Gasteiger partial charge in [-0.15, -0.1) is 11.3 Å². The van der Waals surface area contributed by atoms with Crippen molar-refractivity contribution in [2.75, 3.05) is 0 Å². The summed E-state index contributed by atoms with van der Waals surface area (Å²) < 4.78 is 1.05. The third-order valence-corrected chi connectivity index (χ3v) is 3.92. The first-order valence-electron chi connectivity index (χ1n) is 4.92. The molecule has 1 heterocycles. The third-order valence-electron chi connectivity index (χ3n) is 2.64. The highest BCUT2D eigenvalue weighted by Crippen LogP contribution is 2.36. The van der Waals surface area contributed by atoms with Crippen LogP contribution < -0.4 is 0 Å². The van der Waals surface area contributed by atoms with Crippen molar-refractivity contribution >= 4 is 27.4 Å². The van der Waals surface area contributed by atoms with Gasteiger partial charge < -0.3 is 10.2 Å². The lowest BCUT2D eigenvalue weighted by Crippen LogP contribution is -2.10. The Morgan fingerprint density at radius 3 is 2.69 bits per heavy atom. The predicted octanol–water partition coefficient (Wildman–Crippen LogP) is 2.64. The predicted molar refractivity (Wildman–Crippen MR) is 63.9 cm³/mol. The maximum Gasteiger partial charge on any atom is 0.337 e. The number of fused-ring (bicyclic) bond motifs is 1. The Labute approximate surface area is 97.0 Å². The van der Waals surface area contributed by atoms with Gasteiger partial charge in [0.05, 0.1) is 0 Å². The number of carbonyl (C=O) groups is 1. The highest BCUT2D eigenvalue weighted by Gasteiger charge is 2.23. The summed E-state index contributed by atoms with van der Waals surface area (Å²) in [4.78, 5) is 11.7. The van der Waals surface area contributed by atoms with Crippen LogP contribution in [0.3, 0.4) is 0 Å².